The molecule has 0 bridgehead atoms. The largest absolute Gasteiger partial charge is 0.388 e. The molecule has 1 aliphatic rings. The van der Waals surface area contributed by atoms with Crippen LogP contribution >= 0.6 is 0 Å². The van der Waals surface area contributed by atoms with Gasteiger partial charge < -0.3 is 5.11 Å². The van der Waals surface area contributed by atoms with Gasteiger partial charge in [-0.05, 0) is 24.0 Å². The van der Waals surface area contributed by atoms with Crippen molar-refractivity contribution in [3.63, 3.8) is 0 Å². The number of aliphatic hydroxyl groups excluding tert-OH is 1. The minimum atomic E-state index is -0.0820. The summed E-state index contributed by atoms with van der Waals surface area (Å²) < 4.78 is 0. The first-order valence-electron chi connectivity index (χ1n) is 5.48. The predicted octanol–water partition coefficient (Wildman–Crippen LogP) is 1.38. The molecule has 0 aliphatic heterocycles. The van der Waals surface area contributed by atoms with Crippen LogP contribution in [0, 0.1) is 0 Å². The summed E-state index contributed by atoms with van der Waals surface area (Å²) in [5, 5.41) is 15.9. The Bertz CT molecular complexity index is 506. The summed E-state index contributed by atoms with van der Waals surface area (Å²) in [5.41, 5.74) is 2.72. The summed E-state index contributed by atoms with van der Waals surface area (Å²) in [5.74, 6) is 1.63. The van der Waals surface area contributed by atoms with E-state index in [4.69, 9.17) is 5.11 Å². The lowest BCUT2D eigenvalue weighted by Crippen LogP contribution is -1.98. The molecule has 1 unspecified atom stereocenters. The van der Waals surface area contributed by atoms with Crippen molar-refractivity contribution in [1.82, 2.24) is 15.2 Å². The number of hydrogen-bond donors (Lipinski definition) is 2. The number of H-pyrrole nitrogens is 1. The van der Waals surface area contributed by atoms with Gasteiger partial charge in [0, 0.05) is 5.92 Å². The highest BCUT2D eigenvalue weighted by Crippen LogP contribution is 2.36. The number of aryl methyl sites for hydroxylation is 1. The molecule has 1 aromatic heterocycles. The third-order valence-electron chi connectivity index (χ3n) is 3.14. The Morgan fingerprint density at radius 1 is 1.38 bits per heavy atom. The number of fused-ring (bicyclic) bond motifs is 1. The highest BCUT2D eigenvalue weighted by molar-refractivity contribution is 5.38. The van der Waals surface area contributed by atoms with Crippen molar-refractivity contribution in [3.05, 3.63) is 47.0 Å². The standard InChI is InChI=1S/C12H13N3O/c16-7-11-13-12(15-14-11)10-6-5-8-3-1-2-4-9(8)10/h1-4,10,16H,5-7H2,(H,13,14,15). The van der Waals surface area contributed by atoms with Gasteiger partial charge in [0.1, 0.15) is 12.4 Å². The van der Waals surface area contributed by atoms with Crippen molar-refractivity contribution in [2.24, 2.45) is 0 Å². The molecule has 4 nitrogen and oxygen atoms in total. The number of benzene rings is 1. The molecule has 2 N–H and O–H groups in total. The Morgan fingerprint density at radius 3 is 3.06 bits per heavy atom. The van der Waals surface area contributed by atoms with Crippen LogP contribution in [0.1, 0.15) is 35.1 Å². The maximum atomic E-state index is 8.96. The average Bonchev–Trinajstić information content (AvgIpc) is 2.94. The maximum Gasteiger partial charge on any atom is 0.158 e. The van der Waals surface area contributed by atoms with Crippen molar-refractivity contribution in [1.29, 1.82) is 0 Å². The van der Waals surface area contributed by atoms with E-state index in [2.05, 4.69) is 39.4 Å². The van der Waals surface area contributed by atoms with Crippen molar-refractivity contribution in [3.8, 4) is 0 Å². The van der Waals surface area contributed by atoms with E-state index in [9.17, 15) is 0 Å². The second kappa shape index (κ2) is 3.72. The lowest BCUT2D eigenvalue weighted by molar-refractivity contribution is 0.271. The number of rotatable bonds is 2. The SMILES string of the molecule is OCc1nc(C2CCc3ccccc32)n[nH]1. The zero-order valence-electron chi connectivity index (χ0n) is 8.85. The van der Waals surface area contributed by atoms with Crippen LogP contribution in [0.4, 0.5) is 0 Å². The Labute approximate surface area is 93.4 Å². The van der Waals surface area contributed by atoms with E-state index in [0.29, 0.717) is 5.82 Å². The number of nitrogens with one attached hydrogen (secondary N) is 1. The molecule has 0 radical (unpaired) electrons. The zero-order valence-corrected chi connectivity index (χ0v) is 8.85. The van der Waals surface area contributed by atoms with E-state index in [-0.39, 0.29) is 12.5 Å². The van der Waals surface area contributed by atoms with Gasteiger partial charge in [0.2, 0.25) is 0 Å². The molecule has 1 atom stereocenters. The Morgan fingerprint density at radius 2 is 2.25 bits per heavy atom. The fraction of sp³-hybridized carbons (Fsp3) is 0.333. The van der Waals surface area contributed by atoms with E-state index in [1.807, 2.05) is 0 Å². The minimum Gasteiger partial charge on any atom is -0.388 e. The first-order valence-corrected chi connectivity index (χ1v) is 5.48. The summed E-state index contributed by atoms with van der Waals surface area (Å²) in [6.07, 6.45) is 2.14. The zero-order chi connectivity index (χ0) is 11.0. The molecule has 1 heterocycles. The van der Waals surface area contributed by atoms with Gasteiger partial charge in [-0.25, -0.2) is 4.98 Å². The third kappa shape index (κ3) is 1.42. The monoisotopic (exact) mass is 215 g/mol. The van der Waals surface area contributed by atoms with Crippen LogP contribution in [0.3, 0.4) is 0 Å². The lowest BCUT2D eigenvalue weighted by atomic mass is 10.0. The molecule has 0 amide bonds. The van der Waals surface area contributed by atoms with Gasteiger partial charge in [-0.3, -0.25) is 5.10 Å². The summed E-state index contributed by atoms with van der Waals surface area (Å²) in [7, 11) is 0. The van der Waals surface area contributed by atoms with Gasteiger partial charge in [0.05, 0.1) is 0 Å². The van der Waals surface area contributed by atoms with E-state index in [1.54, 1.807) is 0 Å². The summed E-state index contributed by atoms with van der Waals surface area (Å²) >= 11 is 0. The van der Waals surface area contributed by atoms with Crippen molar-refractivity contribution in [2.45, 2.75) is 25.4 Å². The molecule has 1 aliphatic carbocycles. The minimum absolute atomic E-state index is 0.0820. The number of aromatic nitrogens is 3. The second-order valence-electron chi connectivity index (χ2n) is 4.09. The van der Waals surface area contributed by atoms with Crippen LogP contribution in [0.2, 0.25) is 0 Å². The molecular weight excluding hydrogens is 202 g/mol. The van der Waals surface area contributed by atoms with E-state index < -0.39 is 0 Å². The molecule has 0 saturated heterocycles. The second-order valence-corrected chi connectivity index (χ2v) is 4.09. The number of hydrogen-bond acceptors (Lipinski definition) is 3. The molecule has 3 rings (SSSR count). The summed E-state index contributed by atoms with van der Waals surface area (Å²) in [4.78, 5) is 4.29. The lowest BCUT2D eigenvalue weighted by Gasteiger charge is -2.05. The van der Waals surface area contributed by atoms with Gasteiger partial charge in [-0.15, -0.1) is 0 Å². The van der Waals surface area contributed by atoms with Gasteiger partial charge >= 0.3 is 0 Å². The highest BCUT2D eigenvalue weighted by atomic mass is 16.3. The van der Waals surface area contributed by atoms with Crippen LogP contribution < -0.4 is 0 Å². The van der Waals surface area contributed by atoms with Crippen LogP contribution in [0.25, 0.3) is 0 Å². The quantitative estimate of drug-likeness (QED) is 0.795. The van der Waals surface area contributed by atoms with E-state index in [1.165, 1.54) is 11.1 Å². The van der Waals surface area contributed by atoms with Gasteiger partial charge in [0.25, 0.3) is 0 Å². The van der Waals surface area contributed by atoms with E-state index >= 15 is 0 Å². The first kappa shape index (κ1) is 9.54. The number of aliphatic hydroxyl groups is 1. The highest BCUT2D eigenvalue weighted by Gasteiger charge is 2.26. The molecule has 0 saturated carbocycles. The Hall–Kier alpha value is -1.68. The predicted molar refractivity (Wildman–Crippen MR) is 58.9 cm³/mol. The molecule has 16 heavy (non-hydrogen) atoms. The fourth-order valence-electron chi connectivity index (χ4n) is 2.36. The third-order valence-corrected chi connectivity index (χ3v) is 3.14. The molecule has 0 spiro atoms. The van der Waals surface area contributed by atoms with Crippen molar-refractivity contribution in [2.75, 3.05) is 0 Å². The molecule has 1 aromatic carbocycles. The van der Waals surface area contributed by atoms with Crippen LogP contribution in [0.5, 0.6) is 0 Å². The molecule has 2 aromatic rings. The first-order chi connectivity index (χ1) is 7.88. The Kier molecular flexibility index (Phi) is 2.22. The average molecular weight is 215 g/mol. The Balaban J connectivity index is 1.98. The summed E-state index contributed by atoms with van der Waals surface area (Å²) in [6.45, 7) is -0.0820. The maximum absolute atomic E-state index is 8.96. The normalized spacial score (nSPS) is 18.7. The van der Waals surface area contributed by atoms with Crippen molar-refractivity contribution < 1.29 is 5.11 Å². The summed E-state index contributed by atoms with van der Waals surface area (Å²) in [6, 6.07) is 8.42. The van der Waals surface area contributed by atoms with Gasteiger partial charge in [-0.2, -0.15) is 5.10 Å². The van der Waals surface area contributed by atoms with Crippen molar-refractivity contribution >= 4 is 0 Å². The molecular formula is C12H13N3O. The van der Waals surface area contributed by atoms with Crippen LogP contribution in [-0.4, -0.2) is 20.3 Å². The fourth-order valence-corrected chi connectivity index (χ4v) is 2.36. The molecule has 0 fully saturated rings. The van der Waals surface area contributed by atoms with Gasteiger partial charge in [0.15, 0.2) is 5.82 Å². The number of nitrogens with zero attached hydrogens (tertiary/aromatic N) is 2. The van der Waals surface area contributed by atoms with Crippen LogP contribution in [-0.2, 0) is 13.0 Å². The van der Waals surface area contributed by atoms with E-state index in [0.717, 1.165) is 18.7 Å². The molecule has 4 heteroatoms. The topological polar surface area (TPSA) is 61.8 Å². The molecule has 82 valence electrons. The number of aromatic amines is 1. The van der Waals surface area contributed by atoms with Gasteiger partial charge in [-0.1, -0.05) is 24.3 Å². The van der Waals surface area contributed by atoms with Crippen LogP contribution in [0.15, 0.2) is 24.3 Å². The smallest absolute Gasteiger partial charge is 0.158 e.